The van der Waals surface area contributed by atoms with Crippen LogP contribution in [0.25, 0.3) is 10.2 Å². The molecule has 3 aromatic rings. The number of carbonyl (C=O) groups is 1. The van der Waals surface area contributed by atoms with Crippen LogP contribution in [-0.2, 0) is 0 Å². The zero-order valence-electron chi connectivity index (χ0n) is 9.76. The molecule has 0 saturated heterocycles. The standard InChI is InChI=1S/C14H9FN2OS/c15-10-6-2-1-5-9(10)13(18)17-14-16-11-7-3-4-8-12(11)19-14/h1-8H,(H,16,17,18). The van der Waals surface area contributed by atoms with Crippen molar-refractivity contribution in [1.29, 1.82) is 0 Å². The second-order valence-electron chi connectivity index (χ2n) is 3.92. The van der Waals surface area contributed by atoms with Crippen molar-refractivity contribution in [3.8, 4) is 0 Å². The van der Waals surface area contributed by atoms with E-state index in [9.17, 15) is 9.18 Å². The quantitative estimate of drug-likeness (QED) is 0.773. The van der Waals surface area contributed by atoms with E-state index in [0.29, 0.717) is 5.13 Å². The minimum atomic E-state index is -0.541. The highest BCUT2D eigenvalue weighted by Crippen LogP contribution is 2.25. The van der Waals surface area contributed by atoms with E-state index in [1.807, 2.05) is 24.3 Å². The van der Waals surface area contributed by atoms with Crippen molar-refractivity contribution in [3.05, 3.63) is 59.9 Å². The van der Waals surface area contributed by atoms with Crippen molar-refractivity contribution < 1.29 is 9.18 Å². The van der Waals surface area contributed by atoms with E-state index in [0.717, 1.165) is 10.2 Å². The summed E-state index contributed by atoms with van der Waals surface area (Å²) in [4.78, 5) is 16.2. The number of hydrogen-bond donors (Lipinski definition) is 1. The molecule has 1 aromatic heterocycles. The molecule has 0 aliphatic rings. The van der Waals surface area contributed by atoms with Gasteiger partial charge in [0.2, 0.25) is 0 Å². The molecule has 0 spiro atoms. The fourth-order valence-electron chi connectivity index (χ4n) is 1.74. The lowest BCUT2D eigenvalue weighted by molar-refractivity contribution is 0.102. The van der Waals surface area contributed by atoms with E-state index in [-0.39, 0.29) is 5.56 Å². The van der Waals surface area contributed by atoms with Crippen molar-refractivity contribution in [2.24, 2.45) is 0 Å². The smallest absolute Gasteiger partial charge is 0.260 e. The van der Waals surface area contributed by atoms with Crippen molar-refractivity contribution >= 4 is 32.6 Å². The van der Waals surface area contributed by atoms with Crippen molar-refractivity contribution in [3.63, 3.8) is 0 Å². The summed E-state index contributed by atoms with van der Waals surface area (Å²) in [6.45, 7) is 0. The van der Waals surface area contributed by atoms with Gasteiger partial charge in [0.15, 0.2) is 5.13 Å². The Hall–Kier alpha value is -2.27. The number of aromatic nitrogens is 1. The number of para-hydroxylation sites is 1. The number of hydrogen-bond acceptors (Lipinski definition) is 3. The van der Waals surface area contributed by atoms with Gasteiger partial charge in [-0.2, -0.15) is 0 Å². The van der Waals surface area contributed by atoms with Gasteiger partial charge in [0.25, 0.3) is 5.91 Å². The molecule has 2 aromatic carbocycles. The van der Waals surface area contributed by atoms with Crippen molar-refractivity contribution in [1.82, 2.24) is 4.98 Å². The molecule has 1 N–H and O–H groups in total. The summed E-state index contributed by atoms with van der Waals surface area (Å²) in [5.74, 6) is -1.03. The third kappa shape index (κ3) is 2.32. The van der Waals surface area contributed by atoms with Crippen molar-refractivity contribution in [2.75, 3.05) is 5.32 Å². The summed E-state index contributed by atoms with van der Waals surface area (Å²) in [5.41, 5.74) is 0.832. The first kappa shape index (κ1) is 11.8. The van der Waals surface area contributed by atoms with Gasteiger partial charge in [0.05, 0.1) is 15.8 Å². The summed E-state index contributed by atoms with van der Waals surface area (Å²) >= 11 is 1.36. The minimum Gasteiger partial charge on any atom is -0.298 e. The molecule has 0 aliphatic heterocycles. The average Bonchev–Trinajstić information content (AvgIpc) is 2.81. The third-order valence-corrected chi connectivity index (χ3v) is 3.58. The summed E-state index contributed by atoms with van der Waals surface area (Å²) in [7, 11) is 0. The molecule has 3 nitrogen and oxygen atoms in total. The first-order valence-electron chi connectivity index (χ1n) is 5.65. The maximum Gasteiger partial charge on any atom is 0.260 e. The normalized spacial score (nSPS) is 10.6. The molecule has 0 bridgehead atoms. The molecule has 1 heterocycles. The molecule has 3 rings (SSSR count). The number of nitrogens with zero attached hydrogens (tertiary/aromatic N) is 1. The van der Waals surface area contributed by atoms with Gasteiger partial charge in [-0.05, 0) is 24.3 Å². The molecule has 0 radical (unpaired) electrons. The van der Waals surface area contributed by atoms with Crippen LogP contribution in [0.4, 0.5) is 9.52 Å². The second kappa shape index (κ2) is 4.78. The minimum absolute atomic E-state index is 0.0155. The predicted molar refractivity (Wildman–Crippen MR) is 74.0 cm³/mol. The Morgan fingerprint density at radius 2 is 1.84 bits per heavy atom. The van der Waals surface area contributed by atoms with Gasteiger partial charge < -0.3 is 0 Å². The monoisotopic (exact) mass is 272 g/mol. The second-order valence-corrected chi connectivity index (χ2v) is 4.95. The van der Waals surface area contributed by atoms with E-state index in [4.69, 9.17) is 0 Å². The van der Waals surface area contributed by atoms with Crippen LogP contribution >= 0.6 is 11.3 Å². The highest BCUT2D eigenvalue weighted by molar-refractivity contribution is 7.22. The Bertz CT molecular complexity index is 721. The number of amides is 1. The fourth-order valence-corrected chi connectivity index (χ4v) is 2.60. The SMILES string of the molecule is O=C(Nc1nc2ccccc2s1)c1ccccc1F. The van der Waals surface area contributed by atoms with Crippen LogP contribution in [0.5, 0.6) is 0 Å². The summed E-state index contributed by atoms with van der Waals surface area (Å²) in [6.07, 6.45) is 0. The Labute approximate surface area is 112 Å². The van der Waals surface area contributed by atoms with E-state index in [1.54, 1.807) is 12.1 Å². The van der Waals surface area contributed by atoms with Crippen LogP contribution in [0.3, 0.4) is 0 Å². The topological polar surface area (TPSA) is 42.0 Å². The molecule has 1 amide bonds. The summed E-state index contributed by atoms with van der Waals surface area (Å²) < 4.78 is 14.4. The Morgan fingerprint density at radius 1 is 1.11 bits per heavy atom. The lowest BCUT2D eigenvalue weighted by Gasteiger charge is -2.02. The Kier molecular flexibility index (Phi) is 2.97. The zero-order chi connectivity index (χ0) is 13.2. The zero-order valence-corrected chi connectivity index (χ0v) is 10.6. The molecule has 0 atom stereocenters. The lowest BCUT2D eigenvalue weighted by Crippen LogP contribution is -2.13. The van der Waals surface area contributed by atoms with Gasteiger partial charge in [-0.25, -0.2) is 9.37 Å². The van der Waals surface area contributed by atoms with Gasteiger partial charge in [-0.3, -0.25) is 10.1 Å². The van der Waals surface area contributed by atoms with E-state index >= 15 is 0 Å². The van der Waals surface area contributed by atoms with Crippen molar-refractivity contribution in [2.45, 2.75) is 0 Å². The van der Waals surface area contributed by atoms with E-state index < -0.39 is 11.7 Å². The number of halogens is 1. The largest absolute Gasteiger partial charge is 0.298 e. The molecule has 0 unspecified atom stereocenters. The highest BCUT2D eigenvalue weighted by Gasteiger charge is 2.13. The number of benzene rings is 2. The number of rotatable bonds is 2. The molecule has 19 heavy (non-hydrogen) atoms. The number of nitrogens with one attached hydrogen (secondary N) is 1. The summed E-state index contributed by atoms with van der Waals surface area (Å²) in [5, 5.41) is 3.08. The lowest BCUT2D eigenvalue weighted by atomic mass is 10.2. The number of thiazole rings is 1. The van der Waals surface area contributed by atoms with Gasteiger partial charge in [-0.1, -0.05) is 35.6 Å². The molecular formula is C14H9FN2OS. The first-order valence-corrected chi connectivity index (χ1v) is 6.47. The molecular weight excluding hydrogens is 263 g/mol. The predicted octanol–water partition coefficient (Wildman–Crippen LogP) is 3.69. The summed E-state index contributed by atoms with van der Waals surface area (Å²) in [6, 6.07) is 13.4. The molecule has 5 heteroatoms. The van der Waals surface area contributed by atoms with Gasteiger partial charge in [0, 0.05) is 0 Å². The third-order valence-electron chi connectivity index (χ3n) is 2.63. The Morgan fingerprint density at radius 3 is 2.63 bits per heavy atom. The van der Waals surface area contributed by atoms with E-state index in [1.165, 1.54) is 23.5 Å². The van der Waals surface area contributed by atoms with Crippen LogP contribution in [0.15, 0.2) is 48.5 Å². The van der Waals surface area contributed by atoms with Crippen LogP contribution < -0.4 is 5.32 Å². The number of fused-ring (bicyclic) bond motifs is 1. The van der Waals surface area contributed by atoms with Crippen LogP contribution in [-0.4, -0.2) is 10.9 Å². The molecule has 0 saturated carbocycles. The van der Waals surface area contributed by atoms with Gasteiger partial charge in [0.1, 0.15) is 5.82 Å². The maximum atomic E-state index is 13.5. The molecule has 94 valence electrons. The first-order chi connectivity index (χ1) is 9.24. The van der Waals surface area contributed by atoms with E-state index in [2.05, 4.69) is 10.3 Å². The Balaban J connectivity index is 1.89. The average molecular weight is 272 g/mol. The fraction of sp³-hybridized carbons (Fsp3) is 0. The number of carbonyl (C=O) groups excluding carboxylic acids is 1. The molecule has 0 fully saturated rings. The van der Waals surface area contributed by atoms with Gasteiger partial charge >= 0.3 is 0 Å². The van der Waals surface area contributed by atoms with Gasteiger partial charge in [-0.15, -0.1) is 0 Å². The van der Waals surface area contributed by atoms with Crippen LogP contribution in [0.1, 0.15) is 10.4 Å². The maximum absolute atomic E-state index is 13.5. The van der Waals surface area contributed by atoms with Crippen LogP contribution in [0, 0.1) is 5.82 Å². The van der Waals surface area contributed by atoms with Crippen LogP contribution in [0.2, 0.25) is 0 Å². The molecule has 0 aliphatic carbocycles. The highest BCUT2D eigenvalue weighted by atomic mass is 32.1. The number of anilines is 1.